The summed E-state index contributed by atoms with van der Waals surface area (Å²) in [5.74, 6) is 0.502. The smallest absolute Gasteiger partial charge is 0.306 e. The van der Waals surface area contributed by atoms with E-state index in [1.807, 2.05) is 11.8 Å². The van der Waals surface area contributed by atoms with E-state index < -0.39 is 5.97 Å². The standard InChI is InChI=1S/C11H21NO2S/c1-15-8-2-7-12-10-5-3-9(4-6-10)11(13)14/h9-10,12H,2-8H2,1H3,(H,13,14). The van der Waals surface area contributed by atoms with Crippen LogP contribution >= 0.6 is 11.8 Å². The lowest BCUT2D eigenvalue weighted by Gasteiger charge is -2.26. The Hall–Kier alpha value is -0.220. The van der Waals surface area contributed by atoms with Gasteiger partial charge in [0.25, 0.3) is 0 Å². The first-order valence-electron chi connectivity index (χ1n) is 5.69. The van der Waals surface area contributed by atoms with Crippen LogP contribution in [0.4, 0.5) is 0 Å². The molecule has 0 radical (unpaired) electrons. The molecule has 0 heterocycles. The molecule has 4 heteroatoms. The summed E-state index contributed by atoms with van der Waals surface area (Å²) in [7, 11) is 0. The van der Waals surface area contributed by atoms with Crippen molar-refractivity contribution in [1.29, 1.82) is 0 Å². The second kappa shape index (κ2) is 7.12. The molecule has 0 unspecified atom stereocenters. The zero-order chi connectivity index (χ0) is 11.1. The van der Waals surface area contributed by atoms with Crippen molar-refractivity contribution in [2.75, 3.05) is 18.6 Å². The van der Waals surface area contributed by atoms with Crippen molar-refractivity contribution in [2.24, 2.45) is 5.92 Å². The van der Waals surface area contributed by atoms with Gasteiger partial charge in [-0.2, -0.15) is 11.8 Å². The Morgan fingerprint density at radius 3 is 2.60 bits per heavy atom. The highest BCUT2D eigenvalue weighted by Gasteiger charge is 2.25. The number of rotatable bonds is 6. The van der Waals surface area contributed by atoms with Gasteiger partial charge >= 0.3 is 5.97 Å². The van der Waals surface area contributed by atoms with E-state index in [1.54, 1.807) is 0 Å². The van der Waals surface area contributed by atoms with Gasteiger partial charge in [-0.15, -0.1) is 0 Å². The summed E-state index contributed by atoms with van der Waals surface area (Å²) in [6, 6.07) is 0.558. The minimum atomic E-state index is -0.615. The Morgan fingerprint density at radius 1 is 1.40 bits per heavy atom. The molecule has 3 nitrogen and oxygen atoms in total. The van der Waals surface area contributed by atoms with Gasteiger partial charge in [-0.1, -0.05) is 0 Å². The average molecular weight is 231 g/mol. The van der Waals surface area contributed by atoms with Crippen LogP contribution in [0.3, 0.4) is 0 Å². The number of aliphatic carboxylic acids is 1. The van der Waals surface area contributed by atoms with E-state index >= 15 is 0 Å². The summed E-state index contributed by atoms with van der Waals surface area (Å²) < 4.78 is 0. The maximum absolute atomic E-state index is 10.7. The molecule has 0 atom stereocenters. The van der Waals surface area contributed by atoms with Crippen LogP contribution < -0.4 is 5.32 Å². The van der Waals surface area contributed by atoms with Crippen molar-refractivity contribution in [1.82, 2.24) is 5.32 Å². The quantitative estimate of drug-likeness (QED) is 0.686. The number of hydrogen-bond acceptors (Lipinski definition) is 3. The van der Waals surface area contributed by atoms with Crippen LogP contribution in [0.2, 0.25) is 0 Å². The van der Waals surface area contributed by atoms with E-state index in [1.165, 1.54) is 12.2 Å². The van der Waals surface area contributed by atoms with Crippen molar-refractivity contribution < 1.29 is 9.90 Å². The second-order valence-corrected chi connectivity index (χ2v) is 5.17. The van der Waals surface area contributed by atoms with E-state index in [4.69, 9.17) is 5.11 Å². The van der Waals surface area contributed by atoms with E-state index in [0.29, 0.717) is 6.04 Å². The minimum absolute atomic E-state index is 0.0887. The lowest BCUT2D eigenvalue weighted by molar-refractivity contribution is -0.142. The molecule has 88 valence electrons. The Morgan fingerprint density at radius 2 is 2.07 bits per heavy atom. The summed E-state index contributed by atoms with van der Waals surface area (Å²) in [5.41, 5.74) is 0. The molecule has 0 amide bonds. The largest absolute Gasteiger partial charge is 0.481 e. The molecule has 1 aliphatic rings. The number of hydrogen-bond donors (Lipinski definition) is 2. The molecular formula is C11H21NO2S. The Bertz CT molecular complexity index is 191. The van der Waals surface area contributed by atoms with E-state index in [-0.39, 0.29) is 5.92 Å². The third-order valence-corrected chi connectivity index (χ3v) is 3.73. The van der Waals surface area contributed by atoms with E-state index in [9.17, 15) is 4.79 Å². The summed E-state index contributed by atoms with van der Waals surface area (Å²) in [4.78, 5) is 10.7. The monoisotopic (exact) mass is 231 g/mol. The molecule has 1 saturated carbocycles. The first-order valence-corrected chi connectivity index (χ1v) is 7.08. The van der Waals surface area contributed by atoms with Gasteiger partial charge in [0.1, 0.15) is 0 Å². The molecular weight excluding hydrogens is 210 g/mol. The fourth-order valence-corrected chi connectivity index (χ4v) is 2.50. The lowest BCUT2D eigenvalue weighted by atomic mass is 9.86. The summed E-state index contributed by atoms with van der Waals surface area (Å²) in [6.45, 7) is 1.07. The van der Waals surface area contributed by atoms with Crippen LogP contribution in [0.25, 0.3) is 0 Å². The first kappa shape index (κ1) is 12.8. The van der Waals surface area contributed by atoms with Gasteiger partial charge in [0, 0.05) is 6.04 Å². The fourth-order valence-electron chi connectivity index (χ4n) is 2.07. The topological polar surface area (TPSA) is 49.3 Å². The third kappa shape index (κ3) is 4.89. The summed E-state index contributed by atoms with van der Waals surface area (Å²) >= 11 is 1.87. The van der Waals surface area contributed by atoms with Gasteiger partial charge in [-0.3, -0.25) is 4.79 Å². The predicted molar refractivity (Wildman–Crippen MR) is 64.4 cm³/mol. The summed E-state index contributed by atoms with van der Waals surface area (Å²) in [6.07, 6.45) is 7.07. The molecule has 0 bridgehead atoms. The van der Waals surface area contributed by atoms with Crippen LogP contribution in [0.5, 0.6) is 0 Å². The van der Waals surface area contributed by atoms with Crippen molar-refractivity contribution >= 4 is 17.7 Å². The molecule has 0 aromatic carbocycles. The lowest BCUT2D eigenvalue weighted by Crippen LogP contribution is -2.35. The maximum Gasteiger partial charge on any atom is 0.306 e. The fraction of sp³-hybridized carbons (Fsp3) is 0.909. The van der Waals surface area contributed by atoms with Gasteiger partial charge in [0.2, 0.25) is 0 Å². The Kier molecular flexibility index (Phi) is 6.10. The van der Waals surface area contributed by atoms with Crippen molar-refractivity contribution in [2.45, 2.75) is 38.1 Å². The number of carboxylic acid groups (broad SMARTS) is 1. The van der Waals surface area contributed by atoms with Crippen LogP contribution in [0.1, 0.15) is 32.1 Å². The normalized spacial score (nSPS) is 26.5. The Labute approximate surface area is 96.0 Å². The van der Waals surface area contributed by atoms with Gasteiger partial charge in [0.15, 0.2) is 0 Å². The van der Waals surface area contributed by atoms with Gasteiger partial charge < -0.3 is 10.4 Å². The van der Waals surface area contributed by atoms with Crippen LogP contribution in [-0.4, -0.2) is 35.7 Å². The molecule has 1 aliphatic carbocycles. The highest BCUT2D eigenvalue weighted by atomic mass is 32.2. The van der Waals surface area contributed by atoms with Crippen LogP contribution in [0, 0.1) is 5.92 Å². The molecule has 0 saturated heterocycles. The zero-order valence-corrected chi connectivity index (χ0v) is 10.2. The molecule has 0 aromatic heterocycles. The zero-order valence-electron chi connectivity index (χ0n) is 9.37. The molecule has 15 heavy (non-hydrogen) atoms. The van der Waals surface area contributed by atoms with Crippen molar-refractivity contribution in [3.05, 3.63) is 0 Å². The predicted octanol–water partition coefficient (Wildman–Crippen LogP) is 1.97. The highest BCUT2D eigenvalue weighted by molar-refractivity contribution is 7.98. The molecule has 0 aromatic rings. The van der Waals surface area contributed by atoms with E-state index in [0.717, 1.165) is 32.2 Å². The van der Waals surface area contributed by atoms with Crippen molar-refractivity contribution in [3.63, 3.8) is 0 Å². The number of carboxylic acids is 1. The average Bonchev–Trinajstić information content (AvgIpc) is 2.25. The molecule has 0 spiro atoms. The van der Waals surface area contributed by atoms with E-state index in [2.05, 4.69) is 11.6 Å². The highest BCUT2D eigenvalue weighted by Crippen LogP contribution is 2.24. The number of carbonyl (C=O) groups is 1. The SMILES string of the molecule is CSCCCNC1CCC(C(=O)O)CC1. The summed E-state index contributed by atoms with van der Waals surface area (Å²) in [5, 5.41) is 12.4. The second-order valence-electron chi connectivity index (χ2n) is 4.19. The van der Waals surface area contributed by atoms with Crippen molar-refractivity contribution in [3.8, 4) is 0 Å². The number of nitrogens with one attached hydrogen (secondary N) is 1. The molecule has 1 rings (SSSR count). The van der Waals surface area contributed by atoms with Gasteiger partial charge in [0.05, 0.1) is 5.92 Å². The minimum Gasteiger partial charge on any atom is -0.481 e. The first-order chi connectivity index (χ1) is 7.24. The molecule has 0 aliphatic heterocycles. The van der Waals surface area contributed by atoms with Crippen LogP contribution in [-0.2, 0) is 4.79 Å². The molecule has 2 N–H and O–H groups in total. The molecule has 1 fully saturated rings. The third-order valence-electron chi connectivity index (χ3n) is 3.03. The Balaban J connectivity index is 2.07. The van der Waals surface area contributed by atoms with Gasteiger partial charge in [-0.05, 0) is 50.7 Å². The van der Waals surface area contributed by atoms with Crippen LogP contribution in [0.15, 0.2) is 0 Å². The number of thioether (sulfide) groups is 1. The van der Waals surface area contributed by atoms with Gasteiger partial charge in [-0.25, -0.2) is 0 Å². The maximum atomic E-state index is 10.7.